The third-order valence-electron chi connectivity index (χ3n) is 3.69. The quantitative estimate of drug-likeness (QED) is 0.767. The zero-order valence-corrected chi connectivity index (χ0v) is 15.2. The highest BCUT2D eigenvalue weighted by molar-refractivity contribution is 9.10. The van der Waals surface area contributed by atoms with E-state index >= 15 is 0 Å². The number of rotatable bonds is 5. The van der Waals surface area contributed by atoms with Crippen molar-refractivity contribution in [2.24, 2.45) is 0 Å². The summed E-state index contributed by atoms with van der Waals surface area (Å²) >= 11 is 3.38. The molecule has 4 nitrogen and oxygen atoms in total. The first kappa shape index (κ1) is 17.3. The summed E-state index contributed by atoms with van der Waals surface area (Å²) in [7, 11) is 0. The molecule has 0 radical (unpaired) electrons. The fourth-order valence-electron chi connectivity index (χ4n) is 2.17. The van der Waals surface area contributed by atoms with Crippen molar-refractivity contribution in [1.29, 1.82) is 0 Å². The Kier molecular flexibility index (Phi) is 6.04. The van der Waals surface area contributed by atoms with E-state index in [1.165, 1.54) is 5.56 Å². The van der Waals surface area contributed by atoms with Gasteiger partial charge in [0.1, 0.15) is 5.75 Å². The second-order valence-electron chi connectivity index (χ2n) is 5.43. The van der Waals surface area contributed by atoms with Crippen LogP contribution >= 0.6 is 15.9 Å². The van der Waals surface area contributed by atoms with Gasteiger partial charge in [0, 0.05) is 11.0 Å². The summed E-state index contributed by atoms with van der Waals surface area (Å²) in [5.41, 5.74) is 4.37. The second-order valence-corrected chi connectivity index (χ2v) is 6.34. The second kappa shape index (κ2) is 8.02. The minimum Gasteiger partial charge on any atom is -0.473 e. The van der Waals surface area contributed by atoms with Crippen LogP contribution < -0.4 is 15.4 Å². The standard InChI is InChI=1S/C18H21BrN2O2/c1-12-4-5-13(2)17(14(12)3)23-11-21-18(22)20-10-15-6-8-16(19)9-7-15/h4-9H,10-11H2,1-3H3,(H2,20,21,22). The predicted molar refractivity (Wildman–Crippen MR) is 95.7 cm³/mol. The molecule has 0 bridgehead atoms. The van der Waals surface area contributed by atoms with Crippen molar-refractivity contribution in [3.63, 3.8) is 0 Å². The van der Waals surface area contributed by atoms with E-state index in [1.54, 1.807) is 0 Å². The largest absolute Gasteiger partial charge is 0.473 e. The first-order chi connectivity index (χ1) is 11.0. The van der Waals surface area contributed by atoms with Crippen molar-refractivity contribution in [3.05, 3.63) is 63.1 Å². The first-order valence-corrected chi connectivity index (χ1v) is 8.22. The summed E-state index contributed by atoms with van der Waals surface area (Å²) in [6.45, 7) is 6.67. The maximum Gasteiger partial charge on any atom is 0.317 e. The summed E-state index contributed by atoms with van der Waals surface area (Å²) in [4.78, 5) is 11.8. The summed E-state index contributed by atoms with van der Waals surface area (Å²) in [5.74, 6) is 0.832. The highest BCUT2D eigenvalue weighted by atomic mass is 79.9. The number of carbonyl (C=O) groups is 1. The summed E-state index contributed by atoms with van der Waals surface area (Å²) < 4.78 is 6.73. The molecule has 0 spiro atoms. The van der Waals surface area contributed by atoms with Crippen molar-refractivity contribution in [3.8, 4) is 5.75 Å². The molecule has 23 heavy (non-hydrogen) atoms. The maximum atomic E-state index is 11.8. The minimum atomic E-state index is -0.254. The van der Waals surface area contributed by atoms with Gasteiger partial charge >= 0.3 is 6.03 Å². The molecule has 0 heterocycles. The lowest BCUT2D eigenvalue weighted by molar-refractivity contribution is 0.223. The van der Waals surface area contributed by atoms with E-state index in [2.05, 4.69) is 32.6 Å². The van der Waals surface area contributed by atoms with Crippen LogP contribution in [-0.2, 0) is 6.54 Å². The molecular weight excluding hydrogens is 356 g/mol. The molecule has 2 rings (SSSR count). The van der Waals surface area contributed by atoms with Gasteiger partial charge in [-0.05, 0) is 55.2 Å². The van der Waals surface area contributed by atoms with Crippen molar-refractivity contribution in [1.82, 2.24) is 10.6 Å². The molecule has 2 amide bonds. The lowest BCUT2D eigenvalue weighted by atomic mass is 10.1. The summed E-state index contributed by atoms with van der Waals surface area (Å²) in [5, 5.41) is 5.51. The Morgan fingerprint density at radius 3 is 2.35 bits per heavy atom. The fraction of sp³-hybridized carbons (Fsp3) is 0.278. The van der Waals surface area contributed by atoms with Crippen LogP contribution in [0.1, 0.15) is 22.3 Å². The van der Waals surface area contributed by atoms with Gasteiger partial charge in [-0.15, -0.1) is 0 Å². The highest BCUT2D eigenvalue weighted by Crippen LogP contribution is 2.25. The molecule has 2 aromatic rings. The molecule has 0 aliphatic rings. The number of halogens is 1. The lowest BCUT2D eigenvalue weighted by Crippen LogP contribution is -2.37. The molecule has 0 saturated carbocycles. The van der Waals surface area contributed by atoms with E-state index in [4.69, 9.17) is 4.74 Å². The summed E-state index contributed by atoms with van der Waals surface area (Å²) in [6, 6.07) is 11.6. The number of ether oxygens (including phenoxy) is 1. The van der Waals surface area contributed by atoms with Crippen LogP contribution in [0.5, 0.6) is 5.75 Å². The first-order valence-electron chi connectivity index (χ1n) is 7.43. The molecule has 5 heteroatoms. The van der Waals surface area contributed by atoms with E-state index in [1.807, 2.05) is 51.1 Å². The number of carbonyl (C=O) groups excluding carboxylic acids is 1. The van der Waals surface area contributed by atoms with E-state index in [-0.39, 0.29) is 12.8 Å². The Labute approximate surface area is 145 Å². The van der Waals surface area contributed by atoms with Crippen molar-refractivity contribution in [2.75, 3.05) is 6.73 Å². The van der Waals surface area contributed by atoms with Crippen LogP contribution in [0.4, 0.5) is 4.79 Å². The number of hydrogen-bond acceptors (Lipinski definition) is 2. The smallest absolute Gasteiger partial charge is 0.317 e. The molecular formula is C18H21BrN2O2. The zero-order chi connectivity index (χ0) is 16.8. The SMILES string of the molecule is Cc1ccc(C)c(OCNC(=O)NCc2ccc(Br)cc2)c1C. The Morgan fingerprint density at radius 2 is 1.65 bits per heavy atom. The van der Waals surface area contributed by atoms with E-state index in [9.17, 15) is 4.79 Å². The van der Waals surface area contributed by atoms with E-state index in [0.717, 1.165) is 26.9 Å². The van der Waals surface area contributed by atoms with Gasteiger partial charge in [-0.2, -0.15) is 0 Å². The van der Waals surface area contributed by atoms with Gasteiger partial charge in [-0.3, -0.25) is 0 Å². The Bertz CT molecular complexity index is 684. The van der Waals surface area contributed by atoms with Crippen molar-refractivity contribution >= 4 is 22.0 Å². The Morgan fingerprint density at radius 1 is 1.00 bits per heavy atom. The van der Waals surface area contributed by atoms with Gasteiger partial charge in [0.05, 0.1) is 0 Å². The van der Waals surface area contributed by atoms with E-state index < -0.39 is 0 Å². The molecule has 0 aliphatic carbocycles. The van der Waals surface area contributed by atoms with Gasteiger partial charge in [0.2, 0.25) is 0 Å². The number of nitrogens with one attached hydrogen (secondary N) is 2. The average molecular weight is 377 g/mol. The fourth-order valence-corrected chi connectivity index (χ4v) is 2.43. The normalized spacial score (nSPS) is 10.3. The molecule has 0 fully saturated rings. The zero-order valence-electron chi connectivity index (χ0n) is 13.6. The average Bonchev–Trinajstić information content (AvgIpc) is 2.54. The molecule has 0 saturated heterocycles. The number of aryl methyl sites for hydroxylation is 2. The molecule has 2 aromatic carbocycles. The van der Waals surface area contributed by atoms with Gasteiger partial charge in [-0.1, -0.05) is 40.2 Å². The number of amides is 2. The van der Waals surface area contributed by atoms with Crippen LogP contribution in [0.3, 0.4) is 0 Å². The minimum absolute atomic E-state index is 0.136. The maximum absolute atomic E-state index is 11.8. The van der Waals surface area contributed by atoms with Gasteiger partial charge in [0.25, 0.3) is 0 Å². The monoisotopic (exact) mass is 376 g/mol. The third kappa shape index (κ3) is 4.99. The molecule has 0 unspecified atom stereocenters. The van der Waals surface area contributed by atoms with Crippen LogP contribution in [0.25, 0.3) is 0 Å². The number of benzene rings is 2. The van der Waals surface area contributed by atoms with Crippen molar-refractivity contribution < 1.29 is 9.53 Å². The Hall–Kier alpha value is -2.01. The van der Waals surface area contributed by atoms with Crippen LogP contribution in [-0.4, -0.2) is 12.8 Å². The molecule has 0 aromatic heterocycles. The van der Waals surface area contributed by atoms with Crippen LogP contribution in [0.2, 0.25) is 0 Å². The molecule has 0 aliphatic heterocycles. The van der Waals surface area contributed by atoms with Gasteiger partial charge < -0.3 is 15.4 Å². The van der Waals surface area contributed by atoms with Crippen LogP contribution in [0.15, 0.2) is 40.9 Å². The lowest BCUT2D eigenvalue weighted by Gasteiger charge is -2.14. The third-order valence-corrected chi connectivity index (χ3v) is 4.22. The summed E-state index contributed by atoms with van der Waals surface area (Å²) in [6.07, 6.45) is 0. The van der Waals surface area contributed by atoms with Gasteiger partial charge in [0.15, 0.2) is 6.73 Å². The number of urea groups is 1. The topological polar surface area (TPSA) is 50.4 Å². The molecule has 0 atom stereocenters. The molecule has 2 N–H and O–H groups in total. The van der Waals surface area contributed by atoms with Gasteiger partial charge in [-0.25, -0.2) is 4.79 Å². The number of hydrogen-bond donors (Lipinski definition) is 2. The van der Waals surface area contributed by atoms with Crippen LogP contribution in [0, 0.1) is 20.8 Å². The van der Waals surface area contributed by atoms with E-state index in [0.29, 0.717) is 6.54 Å². The highest BCUT2D eigenvalue weighted by Gasteiger charge is 2.07. The predicted octanol–water partition coefficient (Wildman–Crippen LogP) is 4.21. The van der Waals surface area contributed by atoms with Crippen molar-refractivity contribution in [2.45, 2.75) is 27.3 Å². The molecule has 122 valence electrons. The Balaban J connectivity index is 1.79.